The second-order valence-corrected chi connectivity index (χ2v) is 5.38. The maximum absolute atomic E-state index is 4.65. The van der Waals surface area contributed by atoms with Crippen LogP contribution >= 0.6 is 0 Å². The molecule has 0 aliphatic rings. The summed E-state index contributed by atoms with van der Waals surface area (Å²) in [7, 11) is 0. The van der Waals surface area contributed by atoms with Crippen LogP contribution in [0.3, 0.4) is 0 Å². The van der Waals surface area contributed by atoms with Crippen LogP contribution in [0.1, 0.15) is 42.4 Å². The van der Waals surface area contributed by atoms with Crippen molar-refractivity contribution in [1.29, 1.82) is 0 Å². The average molecular weight is 349 g/mol. The first-order chi connectivity index (χ1) is 8.41. The van der Waals surface area contributed by atoms with E-state index in [9.17, 15) is 0 Å². The number of hydrogen-bond acceptors (Lipinski definition) is 1. The molecule has 0 amide bonds. The zero-order valence-corrected chi connectivity index (χ0v) is 14.1. The first-order valence-corrected chi connectivity index (χ1v) is 6.55. The number of nitrogens with zero attached hydrogens (tertiary/aromatic N) is 2. The van der Waals surface area contributed by atoms with Crippen molar-refractivity contribution in [3.63, 3.8) is 0 Å². The van der Waals surface area contributed by atoms with Crippen molar-refractivity contribution in [2.75, 3.05) is 0 Å². The molecule has 2 aromatic rings. The molecule has 0 saturated carbocycles. The van der Waals surface area contributed by atoms with Crippen LogP contribution in [0.5, 0.6) is 0 Å². The van der Waals surface area contributed by atoms with Gasteiger partial charge in [0.2, 0.25) is 0 Å². The van der Waals surface area contributed by atoms with Crippen molar-refractivity contribution < 1.29 is 20.4 Å². The average Bonchev–Trinajstić information content (AvgIpc) is 2.59. The van der Waals surface area contributed by atoms with Crippen molar-refractivity contribution in [1.82, 2.24) is 9.78 Å². The minimum atomic E-state index is 0. The molecule has 1 aromatic heterocycles. The van der Waals surface area contributed by atoms with Crippen LogP contribution < -0.4 is 0 Å². The van der Waals surface area contributed by atoms with E-state index in [0.29, 0.717) is 6.04 Å². The summed E-state index contributed by atoms with van der Waals surface area (Å²) in [5.41, 5.74) is 7.61. The molecule has 0 fully saturated rings. The van der Waals surface area contributed by atoms with Gasteiger partial charge in [-0.2, -0.15) is 5.10 Å². The third-order valence-corrected chi connectivity index (χ3v) is 3.61. The van der Waals surface area contributed by atoms with Gasteiger partial charge in [0.05, 0.1) is 5.69 Å². The summed E-state index contributed by atoms with van der Waals surface area (Å²) >= 11 is 0. The predicted octanol–water partition coefficient (Wildman–Crippen LogP) is 4.36. The van der Waals surface area contributed by atoms with E-state index in [0.717, 1.165) is 5.69 Å². The zero-order chi connectivity index (χ0) is 13.4. The fraction of sp³-hybridized carbons (Fsp3) is 0.438. The van der Waals surface area contributed by atoms with Gasteiger partial charge in [0.15, 0.2) is 0 Å². The van der Waals surface area contributed by atoms with E-state index in [-0.39, 0.29) is 20.4 Å². The summed E-state index contributed by atoms with van der Waals surface area (Å²) in [6.45, 7) is 12.9. The minimum absolute atomic E-state index is 0. The quantitative estimate of drug-likeness (QED) is 0.737. The van der Waals surface area contributed by atoms with Crippen LogP contribution in [0.2, 0.25) is 0 Å². The Hall–Kier alpha value is -0.908. The Labute approximate surface area is 129 Å². The molecule has 0 N–H and O–H groups in total. The molecule has 0 atom stereocenters. The fourth-order valence-electron chi connectivity index (χ4n) is 2.48. The number of aryl methyl sites for hydroxylation is 3. The fourth-order valence-corrected chi connectivity index (χ4v) is 2.48. The molecule has 0 aliphatic carbocycles. The van der Waals surface area contributed by atoms with Gasteiger partial charge in [-0.3, -0.25) is 4.68 Å². The Morgan fingerprint density at radius 3 is 2.11 bits per heavy atom. The molecular formula is C16H22N2Pd. The van der Waals surface area contributed by atoms with E-state index in [1.165, 1.54) is 27.9 Å². The molecule has 0 radical (unpaired) electrons. The van der Waals surface area contributed by atoms with Crippen molar-refractivity contribution in [3.05, 3.63) is 40.7 Å². The van der Waals surface area contributed by atoms with Gasteiger partial charge in [0.25, 0.3) is 0 Å². The molecule has 19 heavy (non-hydrogen) atoms. The monoisotopic (exact) mass is 348 g/mol. The molecule has 0 unspecified atom stereocenters. The molecule has 3 heteroatoms. The molecule has 2 rings (SSSR count). The molecular weight excluding hydrogens is 327 g/mol. The van der Waals surface area contributed by atoms with E-state index < -0.39 is 0 Å². The molecule has 1 aromatic carbocycles. The van der Waals surface area contributed by atoms with Gasteiger partial charge in [-0.15, -0.1) is 0 Å². The molecule has 106 valence electrons. The summed E-state index contributed by atoms with van der Waals surface area (Å²) < 4.78 is 2.11. The summed E-state index contributed by atoms with van der Waals surface area (Å²) in [5, 5.41) is 4.65. The zero-order valence-electron chi connectivity index (χ0n) is 12.5. The van der Waals surface area contributed by atoms with E-state index >= 15 is 0 Å². The van der Waals surface area contributed by atoms with Crippen LogP contribution in [0, 0.1) is 27.7 Å². The van der Waals surface area contributed by atoms with Crippen LogP contribution in [-0.2, 0) is 20.4 Å². The van der Waals surface area contributed by atoms with Crippen molar-refractivity contribution in [2.45, 2.75) is 47.6 Å². The molecule has 0 bridgehead atoms. The van der Waals surface area contributed by atoms with Crippen LogP contribution in [0.4, 0.5) is 0 Å². The van der Waals surface area contributed by atoms with E-state index in [4.69, 9.17) is 0 Å². The predicted molar refractivity (Wildman–Crippen MR) is 77.0 cm³/mol. The van der Waals surface area contributed by atoms with E-state index in [1.807, 2.05) is 0 Å². The first kappa shape index (κ1) is 16.1. The molecule has 1 heterocycles. The summed E-state index contributed by atoms with van der Waals surface area (Å²) in [6.07, 6.45) is 0. The topological polar surface area (TPSA) is 17.8 Å². The van der Waals surface area contributed by atoms with E-state index in [2.05, 4.69) is 69.5 Å². The van der Waals surface area contributed by atoms with Crippen molar-refractivity contribution in [3.8, 4) is 11.1 Å². The largest absolute Gasteiger partial charge is 0.266 e. The third kappa shape index (κ3) is 2.99. The van der Waals surface area contributed by atoms with Crippen molar-refractivity contribution in [2.24, 2.45) is 0 Å². The number of hydrogen-bond donors (Lipinski definition) is 0. The SMILES string of the molecule is Cc1ccc(-c2c(C)nn(C(C)C)c2C)cc1C.[Pd]. The van der Waals surface area contributed by atoms with Gasteiger partial charge in [-0.05, 0) is 58.2 Å². The maximum Gasteiger partial charge on any atom is 0.0675 e. The van der Waals surface area contributed by atoms with Gasteiger partial charge in [-0.1, -0.05) is 18.2 Å². The van der Waals surface area contributed by atoms with Gasteiger partial charge in [0, 0.05) is 37.7 Å². The Bertz CT molecular complexity index is 583. The molecule has 2 nitrogen and oxygen atoms in total. The Kier molecular flexibility index (Phi) is 5.13. The van der Waals surface area contributed by atoms with E-state index in [1.54, 1.807) is 0 Å². The number of benzene rings is 1. The van der Waals surface area contributed by atoms with Gasteiger partial charge >= 0.3 is 0 Å². The number of rotatable bonds is 2. The minimum Gasteiger partial charge on any atom is -0.266 e. The van der Waals surface area contributed by atoms with Gasteiger partial charge in [0.1, 0.15) is 0 Å². The van der Waals surface area contributed by atoms with Crippen molar-refractivity contribution >= 4 is 0 Å². The Morgan fingerprint density at radius 1 is 1.00 bits per heavy atom. The molecule has 0 spiro atoms. The van der Waals surface area contributed by atoms with Gasteiger partial charge < -0.3 is 0 Å². The second kappa shape index (κ2) is 6.03. The Balaban J connectivity index is 0.00000180. The molecule has 0 saturated heterocycles. The first-order valence-electron chi connectivity index (χ1n) is 6.55. The normalized spacial score (nSPS) is 10.7. The van der Waals surface area contributed by atoms with Crippen LogP contribution in [0.15, 0.2) is 18.2 Å². The summed E-state index contributed by atoms with van der Waals surface area (Å²) in [4.78, 5) is 0. The third-order valence-electron chi connectivity index (χ3n) is 3.61. The maximum atomic E-state index is 4.65. The standard InChI is InChI=1S/C16H22N2.Pd/c1-10(2)18-14(6)16(13(5)17-18)15-8-7-11(3)12(4)9-15;/h7-10H,1-6H3;. The summed E-state index contributed by atoms with van der Waals surface area (Å²) in [5.74, 6) is 0. The smallest absolute Gasteiger partial charge is 0.0675 e. The van der Waals surface area contributed by atoms with Crippen LogP contribution in [-0.4, -0.2) is 9.78 Å². The van der Waals surface area contributed by atoms with Crippen LogP contribution in [0.25, 0.3) is 11.1 Å². The summed E-state index contributed by atoms with van der Waals surface area (Å²) in [6, 6.07) is 7.06. The Morgan fingerprint density at radius 2 is 1.63 bits per heavy atom. The second-order valence-electron chi connectivity index (χ2n) is 5.38. The number of aromatic nitrogens is 2. The van der Waals surface area contributed by atoms with Gasteiger partial charge in [-0.25, -0.2) is 0 Å². The molecule has 0 aliphatic heterocycles.